The van der Waals surface area contributed by atoms with E-state index in [2.05, 4.69) is 20.5 Å². The largest absolute Gasteiger partial charge is 0.493 e. The molecule has 10 nitrogen and oxygen atoms in total. The van der Waals surface area contributed by atoms with Gasteiger partial charge in [-0.1, -0.05) is 6.07 Å². The SMILES string of the molecule is COc1cc(C#N)ccc1Oc1nnc(-c2cnc(C(F)(F)F)s2)c(C)c1C(=O)Nc1cccc(S(C)(=N)=O)c1. The lowest BCUT2D eigenvalue weighted by molar-refractivity contribution is -0.137. The van der Waals surface area contributed by atoms with E-state index in [1.54, 1.807) is 0 Å². The van der Waals surface area contributed by atoms with Crippen molar-refractivity contribution in [2.45, 2.75) is 18.0 Å². The highest BCUT2D eigenvalue weighted by atomic mass is 32.2. The van der Waals surface area contributed by atoms with Gasteiger partial charge in [-0.05, 0) is 42.8 Å². The molecule has 2 N–H and O–H groups in total. The summed E-state index contributed by atoms with van der Waals surface area (Å²) in [6, 6.07) is 12.1. The number of carbonyl (C=O) groups excluding carboxylic acids is 1. The van der Waals surface area contributed by atoms with E-state index in [0.29, 0.717) is 11.3 Å². The molecule has 40 heavy (non-hydrogen) atoms. The third-order valence-electron chi connectivity index (χ3n) is 5.43. The van der Waals surface area contributed by atoms with Crippen LogP contribution in [0.1, 0.15) is 26.5 Å². The highest BCUT2D eigenvalue weighted by Crippen LogP contribution is 2.39. The zero-order chi connectivity index (χ0) is 29.2. The van der Waals surface area contributed by atoms with Crippen molar-refractivity contribution in [3.63, 3.8) is 0 Å². The molecule has 0 fully saturated rings. The van der Waals surface area contributed by atoms with Crippen molar-refractivity contribution in [3.05, 3.63) is 70.4 Å². The predicted molar refractivity (Wildman–Crippen MR) is 140 cm³/mol. The number of thiazole rings is 1. The van der Waals surface area contributed by atoms with Gasteiger partial charge in [0.05, 0.1) is 33.3 Å². The van der Waals surface area contributed by atoms with Gasteiger partial charge in [-0.3, -0.25) is 4.79 Å². The minimum absolute atomic E-state index is 0.0196. The van der Waals surface area contributed by atoms with Crippen molar-refractivity contribution in [2.75, 3.05) is 18.7 Å². The molecular formula is C25H19F3N6O4S2. The maximum atomic E-state index is 13.6. The molecule has 206 valence electrons. The van der Waals surface area contributed by atoms with Crippen LogP contribution in [0.25, 0.3) is 10.6 Å². The lowest BCUT2D eigenvalue weighted by Gasteiger charge is -2.16. The van der Waals surface area contributed by atoms with Crippen LogP contribution < -0.4 is 14.8 Å². The van der Waals surface area contributed by atoms with E-state index in [-0.39, 0.29) is 55.2 Å². The summed E-state index contributed by atoms with van der Waals surface area (Å²) in [7, 11) is -1.73. The Morgan fingerprint density at radius 3 is 2.55 bits per heavy atom. The second-order valence-corrected chi connectivity index (χ2v) is 11.5. The molecule has 4 aromatic rings. The molecular weight excluding hydrogens is 569 g/mol. The molecule has 0 aliphatic heterocycles. The monoisotopic (exact) mass is 588 g/mol. The number of anilines is 1. The summed E-state index contributed by atoms with van der Waals surface area (Å²) in [5.41, 5.74) is 0.456. The van der Waals surface area contributed by atoms with Crippen LogP contribution in [0, 0.1) is 23.0 Å². The number of amides is 1. The number of methoxy groups -OCH3 is 1. The number of ether oxygens (including phenoxy) is 2. The Morgan fingerprint density at radius 2 is 1.93 bits per heavy atom. The van der Waals surface area contributed by atoms with E-state index in [1.165, 1.54) is 62.8 Å². The fourth-order valence-electron chi connectivity index (χ4n) is 3.52. The third-order valence-corrected chi connectivity index (χ3v) is 7.64. The van der Waals surface area contributed by atoms with Crippen molar-refractivity contribution in [1.29, 1.82) is 10.0 Å². The standard InChI is InChI=1S/C25H19F3N6O4S2/c1-13-20(22(35)32-15-5-4-6-16(10-15)40(3,30)36)23(38-17-8-7-14(11-29)9-18(17)37-2)34-33-21(13)19-12-31-24(39-19)25(26,27)28/h4-10,12,30H,1-3H3,(H,32,35). The number of nitrogens with zero attached hydrogens (tertiary/aromatic N) is 4. The summed E-state index contributed by atoms with van der Waals surface area (Å²) in [6.07, 6.45) is -2.44. The average Bonchev–Trinajstić information content (AvgIpc) is 3.39. The number of aromatic nitrogens is 3. The van der Waals surface area contributed by atoms with Gasteiger partial charge in [0.15, 0.2) is 16.5 Å². The van der Waals surface area contributed by atoms with Crippen LogP contribution >= 0.6 is 11.3 Å². The summed E-state index contributed by atoms with van der Waals surface area (Å²) < 4.78 is 70.7. The van der Waals surface area contributed by atoms with E-state index in [4.69, 9.17) is 19.5 Å². The minimum Gasteiger partial charge on any atom is -0.493 e. The summed E-state index contributed by atoms with van der Waals surface area (Å²) in [6.45, 7) is 1.47. The fraction of sp³-hybridized carbons (Fsp3) is 0.160. The van der Waals surface area contributed by atoms with Crippen molar-refractivity contribution in [3.8, 4) is 34.0 Å². The zero-order valence-corrected chi connectivity index (χ0v) is 22.6. The summed E-state index contributed by atoms with van der Waals surface area (Å²) in [5.74, 6) is -0.803. The Kier molecular flexibility index (Phi) is 7.76. The zero-order valence-electron chi connectivity index (χ0n) is 21.0. The average molecular weight is 589 g/mol. The van der Waals surface area contributed by atoms with Gasteiger partial charge in [-0.2, -0.15) is 18.4 Å². The van der Waals surface area contributed by atoms with Gasteiger partial charge in [0.2, 0.25) is 0 Å². The molecule has 1 unspecified atom stereocenters. The minimum atomic E-state index is -4.67. The van der Waals surface area contributed by atoms with Crippen molar-refractivity contribution in [1.82, 2.24) is 15.2 Å². The van der Waals surface area contributed by atoms with Crippen LogP contribution in [0.15, 0.2) is 53.6 Å². The van der Waals surface area contributed by atoms with Gasteiger partial charge in [0.1, 0.15) is 11.3 Å². The predicted octanol–water partition coefficient (Wildman–Crippen LogP) is 5.89. The smallest absolute Gasteiger partial charge is 0.443 e. The highest BCUT2D eigenvalue weighted by Gasteiger charge is 2.35. The van der Waals surface area contributed by atoms with Gasteiger partial charge in [0.25, 0.3) is 11.8 Å². The maximum absolute atomic E-state index is 13.6. The molecule has 0 spiro atoms. The fourth-order valence-corrected chi connectivity index (χ4v) is 5.04. The van der Waals surface area contributed by atoms with Crippen molar-refractivity contribution < 1.29 is 31.6 Å². The number of alkyl halides is 3. The first-order chi connectivity index (χ1) is 18.8. The Hall–Kier alpha value is -4.55. The maximum Gasteiger partial charge on any atom is 0.443 e. The molecule has 4 rings (SSSR count). The molecule has 1 amide bonds. The van der Waals surface area contributed by atoms with E-state index in [1.807, 2.05) is 6.07 Å². The van der Waals surface area contributed by atoms with Crippen LogP contribution in [-0.2, 0) is 15.9 Å². The molecule has 2 aromatic heterocycles. The molecule has 0 aliphatic rings. The molecule has 0 saturated heterocycles. The molecule has 0 saturated carbocycles. The molecule has 15 heteroatoms. The van der Waals surface area contributed by atoms with Gasteiger partial charge in [-0.25, -0.2) is 14.0 Å². The van der Waals surface area contributed by atoms with Crippen molar-refractivity contribution >= 4 is 32.7 Å². The molecule has 1 atom stereocenters. The third kappa shape index (κ3) is 6.03. The number of nitriles is 1. The number of benzene rings is 2. The van der Waals surface area contributed by atoms with E-state index >= 15 is 0 Å². The lowest BCUT2D eigenvalue weighted by atomic mass is 10.1. The van der Waals surface area contributed by atoms with Crippen molar-refractivity contribution in [2.24, 2.45) is 0 Å². The Labute approximate surface area is 230 Å². The van der Waals surface area contributed by atoms with Crippen LogP contribution in [0.4, 0.5) is 18.9 Å². The summed E-state index contributed by atoms with van der Waals surface area (Å²) >= 11 is 0.342. The molecule has 0 bridgehead atoms. The van der Waals surface area contributed by atoms with Crippen LogP contribution in [0.3, 0.4) is 0 Å². The highest BCUT2D eigenvalue weighted by molar-refractivity contribution is 7.91. The molecule has 2 aromatic carbocycles. The summed E-state index contributed by atoms with van der Waals surface area (Å²) in [5, 5.41) is 18.7. The first-order valence-corrected chi connectivity index (χ1v) is 13.9. The van der Waals surface area contributed by atoms with Crippen LogP contribution in [0.5, 0.6) is 17.4 Å². The van der Waals surface area contributed by atoms with E-state index in [0.717, 1.165) is 6.20 Å². The second kappa shape index (κ2) is 10.9. The number of nitrogens with one attached hydrogen (secondary N) is 2. The van der Waals surface area contributed by atoms with Gasteiger partial charge in [0, 0.05) is 29.1 Å². The molecule has 2 heterocycles. The van der Waals surface area contributed by atoms with Gasteiger partial charge >= 0.3 is 6.18 Å². The van der Waals surface area contributed by atoms with Gasteiger partial charge in [-0.15, -0.1) is 21.5 Å². The number of hydrogen-bond donors (Lipinski definition) is 2. The lowest BCUT2D eigenvalue weighted by Crippen LogP contribution is -2.17. The Bertz CT molecular complexity index is 1770. The summed E-state index contributed by atoms with van der Waals surface area (Å²) in [4.78, 5) is 17.2. The first kappa shape index (κ1) is 28.5. The van der Waals surface area contributed by atoms with Crippen LogP contribution in [0.2, 0.25) is 0 Å². The topological polar surface area (TPSA) is 151 Å². The van der Waals surface area contributed by atoms with E-state index < -0.39 is 26.8 Å². The Balaban J connectivity index is 1.82. The Morgan fingerprint density at radius 1 is 1.18 bits per heavy atom. The normalized spacial score (nSPS) is 12.7. The first-order valence-electron chi connectivity index (χ1n) is 11.1. The van der Waals surface area contributed by atoms with Gasteiger partial charge < -0.3 is 14.8 Å². The second-order valence-electron chi connectivity index (χ2n) is 8.29. The number of hydrogen-bond acceptors (Lipinski definition) is 10. The number of carbonyl (C=O) groups is 1. The molecule has 0 radical (unpaired) electrons. The van der Waals surface area contributed by atoms with E-state index in [9.17, 15) is 22.2 Å². The number of rotatable bonds is 7. The quantitative estimate of drug-likeness (QED) is 0.271. The van der Waals surface area contributed by atoms with Crippen LogP contribution in [-0.4, -0.2) is 38.7 Å². The molecule has 0 aliphatic carbocycles. The number of halogens is 3.